The van der Waals surface area contributed by atoms with Gasteiger partial charge in [0.1, 0.15) is 6.17 Å². The lowest BCUT2D eigenvalue weighted by Gasteiger charge is -2.13. The molecule has 0 aromatic rings. The van der Waals surface area contributed by atoms with Crippen LogP contribution in [0.3, 0.4) is 0 Å². The average Bonchev–Trinajstić information content (AvgIpc) is 1.91. The van der Waals surface area contributed by atoms with Gasteiger partial charge >= 0.3 is 0 Å². The molecule has 1 aliphatic heterocycles. The van der Waals surface area contributed by atoms with Crippen molar-refractivity contribution >= 4 is 0 Å². The summed E-state index contributed by atoms with van der Waals surface area (Å²) in [6.45, 7) is 3.03. The summed E-state index contributed by atoms with van der Waals surface area (Å²) in [6.07, 6.45) is 8.93. The van der Waals surface area contributed by atoms with E-state index in [0.717, 1.165) is 12.7 Å². The molecule has 1 heterocycles. The molecule has 1 aliphatic rings. The highest BCUT2D eigenvalue weighted by Gasteiger charge is 2.00. The third-order valence-electron chi connectivity index (χ3n) is 1.08. The van der Waals surface area contributed by atoms with E-state index in [1.54, 1.807) is 0 Å². The third-order valence-corrected chi connectivity index (χ3v) is 1.08. The second-order valence-electron chi connectivity index (χ2n) is 1.81. The number of dihydropyridines is 1. The monoisotopic (exact) mass is 123 g/mol. The number of hydrogen-bond acceptors (Lipinski definition) is 2. The summed E-state index contributed by atoms with van der Waals surface area (Å²) < 4.78 is 0. The predicted octanol–water partition coefficient (Wildman–Crippen LogP) is 0.758. The lowest BCUT2D eigenvalue weighted by molar-refractivity contribution is 0.697. The quantitative estimate of drug-likeness (QED) is 0.566. The summed E-state index contributed by atoms with van der Waals surface area (Å²) in [5.74, 6) is 0. The first-order chi connectivity index (χ1) is 4.43. The molecular weight excluding hydrogens is 112 g/mol. The van der Waals surface area contributed by atoms with E-state index < -0.39 is 0 Å². The van der Waals surface area contributed by atoms with Crippen molar-refractivity contribution in [2.24, 2.45) is 0 Å². The molecule has 0 atom stereocenters. The zero-order chi connectivity index (χ0) is 6.53. The first-order valence-corrected chi connectivity index (χ1v) is 3.14. The Morgan fingerprint density at radius 3 is 3.00 bits per heavy atom. The Morgan fingerprint density at radius 2 is 2.44 bits per heavy atom. The molecule has 1 rings (SSSR count). The Balaban J connectivity index is 2.28. The van der Waals surface area contributed by atoms with Gasteiger partial charge in [-0.2, -0.15) is 0 Å². The van der Waals surface area contributed by atoms with E-state index in [1.807, 2.05) is 24.4 Å². The maximum Gasteiger partial charge on any atom is 0.149 e. The number of hydrogen-bond donors (Lipinski definition) is 2. The van der Waals surface area contributed by atoms with Crippen LogP contribution in [0.25, 0.3) is 0 Å². The van der Waals surface area contributed by atoms with Crippen LogP contribution >= 0.6 is 0 Å². The number of nitrogens with one attached hydrogen (secondary N) is 2. The summed E-state index contributed by atoms with van der Waals surface area (Å²) in [7, 11) is 0. The van der Waals surface area contributed by atoms with Gasteiger partial charge in [-0.25, -0.2) is 0 Å². The molecule has 0 aromatic carbocycles. The van der Waals surface area contributed by atoms with E-state index in [4.69, 9.17) is 0 Å². The second kappa shape index (κ2) is 3.30. The van der Waals surface area contributed by atoms with Crippen LogP contribution in [0.5, 0.6) is 0 Å². The van der Waals surface area contributed by atoms with E-state index in [9.17, 15) is 0 Å². The maximum absolute atomic E-state index is 3.15. The zero-order valence-corrected chi connectivity index (χ0v) is 5.52. The predicted molar refractivity (Wildman–Crippen MR) is 38.3 cm³/mol. The van der Waals surface area contributed by atoms with Crippen LogP contribution in [-0.4, -0.2) is 6.54 Å². The Labute approximate surface area is 55.6 Å². The Hall–Kier alpha value is -0.760. The fourth-order valence-corrected chi connectivity index (χ4v) is 0.694. The van der Waals surface area contributed by atoms with Crippen LogP contribution in [0.15, 0.2) is 24.4 Å². The summed E-state index contributed by atoms with van der Waals surface area (Å²) >= 11 is 0. The number of likely N-dealkylation sites (N-methyl/N-ethyl adjacent to an activating group) is 1. The van der Waals surface area contributed by atoms with E-state index >= 15 is 0 Å². The highest BCUT2D eigenvalue weighted by atomic mass is 15.1. The number of allylic oxidation sites excluding steroid dienone is 2. The van der Waals surface area contributed by atoms with Gasteiger partial charge in [0.25, 0.3) is 0 Å². The van der Waals surface area contributed by atoms with Crippen molar-refractivity contribution in [3.63, 3.8) is 0 Å². The molecule has 2 nitrogen and oxygen atoms in total. The van der Waals surface area contributed by atoms with Gasteiger partial charge in [-0.15, -0.1) is 0 Å². The topological polar surface area (TPSA) is 24.1 Å². The number of rotatable bonds is 2. The minimum absolute atomic E-state index is 0.959. The normalized spacial score (nSPS) is 17.9. The van der Waals surface area contributed by atoms with Gasteiger partial charge in [0.2, 0.25) is 0 Å². The van der Waals surface area contributed by atoms with Gasteiger partial charge < -0.3 is 5.32 Å². The molecule has 2 N–H and O–H groups in total. The van der Waals surface area contributed by atoms with Crippen molar-refractivity contribution < 1.29 is 0 Å². The molecule has 0 unspecified atom stereocenters. The molecule has 49 valence electrons. The zero-order valence-electron chi connectivity index (χ0n) is 5.52. The van der Waals surface area contributed by atoms with Gasteiger partial charge in [0.15, 0.2) is 0 Å². The van der Waals surface area contributed by atoms with Crippen LogP contribution in [0.2, 0.25) is 0 Å². The van der Waals surface area contributed by atoms with Crippen LogP contribution in [0, 0.1) is 6.17 Å². The molecule has 0 bridgehead atoms. The van der Waals surface area contributed by atoms with Crippen LogP contribution < -0.4 is 10.6 Å². The molecule has 0 fully saturated rings. The molecule has 0 aromatic heterocycles. The van der Waals surface area contributed by atoms with Crippen LogP contribution in [0.4, 0.5) is 0 Å². The largest absolute Gasteiger partial charge is 0.367 e. The van der Waals surface area contributed by atoms with E-state index in [2.05, 4.69) is 17.6 Å². The minimum atomic E-state index is 0.959. The molecule has 9 heavy (non-hydrogen) atoms. The first kappa shape index (κ1) is 6.36. The van der Waals surface area contributed by atoms with Crippen molar-refractivity contribution in [2.45, 2.75) is 6.92 Å². The van der Waals surface area contributed by atoms with E-state index in [-0.39, 0.29) is 0 Å². The van der Waals surface area contributed by atoms with Gasteiger partial charge in [-0.1, -0.05) is 13.0 Å². The van der Waals surface area contributed by atoms with Crippen molar-refractivity contribution in [1.29, 1.82) is 0 Å². The maximum atomic E-state index is 3.15. The van der Waals surface area contributed by atoms with Crippen molar-refractivity contribution in [2.75, 3.05) is 6.54 Å². The third kappa shape index (κ3) is 1.90. The molecule has 0 amide bonds. The summed E-state index contributed by atoms with van der Waals surface area (Å²) in [5.41, 5.74) is 0. The lowest BCUT2D eigenvalue weighted by Crippen LogP contribution is -2.30. The summed E-state index contributed by atoms with van der Waals surface area (Å²) in [6, 6.07) is 0. The standard InChI is InChI=1S/C7H11N2/c1-2-8-7-5-3-4-6-9-7/h3-6,8-9H,2H2,1H3. The molecule has 0 spiro atoms. The highest BCUT2D eigenvalue weighted by molar-refractivity contribution is 5.19. The van der Waals surface area contributed by atoms with Gasteiger partial charge in [-0.3, -0.25) is 5.32 Å². The highest BCUT2D eigenvalue weighted by Crippen LogP contribution is 1.96. The fraction of sp³-hybridized carbons (Fsp3) is 0.286. The van der Waals surface area contributed by atoms with Crippen molar-refractivity contribution in [3.05, 3.63) is 30.6 Å². The van der Waals surface area contributed by atoms with Crippen LogP contribution in [-0.2, 0) is 0 Å². The molecule has 2 heteroatoms. The summed E-state index contributed by atoms with van der Waals surface area (Å²) in [5, 5.41) is 6.21. The van der Waals surface area contributed by atoms with Crippen molar-refractivity contribution in [3.8, 4) is 0 Å². The fourth-order valence-electron chi connectivity index (χ4n) is 0.694. The van der Waals surface area contributed by atoms with Gasteiger partial charge in [0.05, 0.1) is 0 Å². The van der Waals surface area contributed by atoms with E-state index in [0.29, 0.717) is 0 Å². The molecular formula is C7H11N2. The van der Waals surface area contributed by atoms with Crippen LogP contribution in [0.1, 0.15) is 6.92 Å². The molecule has 0 saturated carbocycles. The first-order valence-electron chi connectivity index (χ1n) is 3.14. The summed E-state index contributed by atoms with van der Waals surface area (Å²) in [4.78, 5) is 0. The minimum Gasteiger partial charge on any atom is -0.367 e. The SMILES string of the molecule is CCN[C]1C=CC=CN1. The second-order valence-corrected chi connectivity index (χ2v) is 1.81. The van der Waals surface area contributed by atoms with Gasteiger partial charge in [0, 0.05) is 0 Å². The van der Waals surface area contributed by atoms with Crippen molar-refractivity contribution in [1.82, 2.24) is 10.6 Å². The lowest BCUT2D eigenvalue weighted by atomic mass is 10.3. The average molecular weight is 123 g/mol. The Kier molecular flexibility index (Phi) is 2.33. The molecule has 1 radical (unpaired) electrons. The Bertz CT molecular complexity index is 127. The molecule has 0 saturated heterocycles. The molecule has 0 aliphatic carbocycles. The van der Waals surface area contributed by atoms with Gasteiger partial charge in [-0.05, 0) is 24.9 Å². The Morgan fingerprint density at radius 1 is 1.56 bits per heavy atom. The smallest absolute Gasteiger partial charge is 0.149 e. The van der Waals surface area contributed by atoms with E-state index in [1.165, 1.54) is 0 Å².